The van der Waals surface area contributed by atoms with Crippen LogP contribution in [-0.2, 0) is 6.54 Å². The summed E-state index contributed by atoms with van der Waals surface area (Å²) in [5, 5.41) is 3.07. The fourth-order valence-corrected chi connectivity index (χ4v) is 2.00. The SMILES string of the molecule is FC(F)Oc1cccc(NC2=NCc3cccnc32)c1. The van der Waals surface area contributed by atoms with E-state index in [0.717, 1.165) is 11.3 Å². The third-order valence-electron chi connectivity index (χ3n) is 2.85. The van der Waals surface area contributed by atoms with Gasteiger partial charge in [-0.05, 0) is 18.2 Å². The van der Waals surface area contributed by atoms with Gasteiger partial charge in [-0.1, -0.05) is 12.1 Å². The summed E-state index contributed by atoms with van der Waals surface area (Å²) in [6.07, 6.45) is 1.69. The van der Waals surface area contributed by atoms with Crippen molar-refractivity contribution in [2.24, 2.45) is 4.99 Å². The van der Waals surface area contributed by atoms with Crippen LogP contribution in [-0.4, -0.2) is 17.4 Å². The first-order valence-electron chi connectivity index (χ1n) is 6.03. The van der Waals surface area contributed by atoms with E-state index in [1.165, 1.54) is 12.1 Å². The lowest BCUT2D eigenvalue weighted by molar-refractivity contribution is -0.0497. The topological polar surface area (TPSA) is 46.5 Å². The van der Waals surface area contributed by atoms with E-state index in [-0.39, 0.29) is 5.75 Å². The molecule has 2 aromatic rings. The third kappa shape index (κ3) is 2.59. The van der Waals surface area contributed by atoms with Crippen LogP contribution in [0.25, 0.3) is 0 Å². The molecule has 0 bridgehead atoms. The van der Waals surface area contributed by atoms with Crippen LogP contribution in [0, 0.1) is 0 Å². The van der Waals surface area contributed by atoms with Gasteiger partial charge in [0.25, 0.3) is 0 Å². The molecule has 20 heavy (non-hydrogen) atoms. The zero-order valence-electron chi connectivity index (χ0n) is 10.4. The Morgan fingerprint density at radius 1 is 1.20 bits per heavy atom. The molecule has 0 atom stereocenters. The number of nitrogens with zero attached hydrogens (tertiary/aromatic N) is 2. The Morgan fingerprint density at radius 3 is 2.95 bits per heavy atom. The van der Waals surface area contributed by atoms with Gasteiger partial charge in [-0.3, -0.25) is 9.98 Å². The number of aromatic nitrogens is 1. The number of ether oxygens (including phenoxy) is 1. The highest BCUT2D eigenvalue weighted by molar-refractivity contribution is 6.09. The average molecular weight is 275 g/mol. The lowest BCUT2D eigenvalue weighted by Gasteiger charge is -2.09. The van der Waals surface area contributed by atoms with Crippen molar-refractivity contribution in [1.82, 2.24) is 4.98 Å². The van der Waals surface area contributed by atoms with Crippen LogP contribution >= 0.6 is 0 Å². The molecule has 0 aliphatic carbocycles. The minimum Gasteiger partial charge on any atom is -0.435 e. The predicted octanol–water partition coefficient (Wildman–Crippen LogP) is 3.06. The molecule has 0 unspecified atom stereocenters. The smallest absolute Gasteiger partial charge is 0.387 e. The standard InChI is InChI=1S/C14H11F2N3O/c15-14(16)20-11-5-1-4-10(7-11)19-13-12-9(8-18-13)3-2-6-17-12/h1-7,14H,8H2,(H,18,19). The highest BCUT2D eigenvalue weighted by Crippen LogP contribution is 2.22. The summed E-state index contributed by atoms with van der Waals surface area (Å²) in [6, 6.07) is 10.2. The quantitative estimate of drug-likeness (QED) is 0.936. The molecule has 0 radical (unpaired) electrons. The molecule has 3 rings (SSSR count). The van der Waals surface area contributed by atoms with Crippen LogP contribution in [0.1, 0.15) is 11.3 Å². The van der Waals surface area contributed by atoms with Gasteiger partial charge in [0.15, 0.2) is 5.84 Å². The number of amidine groups is 1. The van der Waals surface area contributed by atoms with Gasteiger partial charge in [-0.2, -0.15) is 8.78 Å². The molecule has 1 aromatic carbocycles. The van der Waals surface area contributed by atoms with Gasteiger partial charge >= 0.3 is 6.61 Å². The summed E-state index contributed by atoms with van der Waals surface area (Å²) >= 11 is 0. The Kier molecular flexibility index (Phi) is 3.28. The molecule has 0 saturated carbocycles. The van der Waals surface area contributed by atoms with Crippen molar-refractivity contribution in [1.29, 1.82) is 0 Å². The van der Waals surface area contributed by atoms with Gasteiger partial charge in [-0.25, -0.2) is 0 Å². The summed E-state index contributed by atoms with van der Waals surface area (Å²) < 4.78 is 28.7. The Balaban J connectivity index is 1.79. The molecule has 0 saturated heterocycles. The van der Waals surface area contributed by atoms with Crippen LogP contribution in [0.4, 0.5) is 14.5 Å². The van der Waals surface area contributed by atoms with Crippen molar-refractivity contribution in [2.75, 3.05) is 5.32 Å². The maximum atomic E-state index is 12.2. The first-order chi connectivity index (χ1) is 9.72. The minimum absolute atomic E-state index is 0.102. The zero-order valence-corrected chi connectivity index (χ0v) is 10.4. The van der Waals surface area contributed by atoms with Crippen LogP contribution in [0.15, 0.2) is 47.6 Å². The van der Waals surface area contributed by atoms with Crippen molar-refractivity contribution in [2.45, 2.75) is 13.2 Å². The number of halogens is 2. The maximum Gasteiger partial charge on any atom is 0.387 e. The molecule has 1 aromatic heterocycles. The molecule has 6 heteroatoms. The lowest BCUT2D eigenvalue weighted by atomic mass is 10.2. The number of hydrogen-bond acceptors (Lipinski definition) is 4. The molecule has 0 spiro atoms. The van der Waals surface area contributed by atoms with Gasteiger partial charge in [0, 0.05) is 23.5 Å². The Bertz CT molecular complexity index is 658. The van der Waals surface area contributed by atoms with Crippen LogP contribution in [0.2, 0.25) is 0 Å². The van der Waals surface area contributed by atoms with E-state index in [1.54, 1.807) is 18.3 Å². The van der Waals surface area contributed by atoms with E-state index in [1.807, 2.05) is 12.1 Å². The molecule has 1 N–H and O–H groups in total. The van der Waals surface area contributed by atoms with Gasteiger partial charge in [0.1, 0.15) is 11.4 Å². The van der Waals surface area contributed by atoms with Crippen LogP contribution in [0.3, 0.4) is 0 Å². The summed E-state index contributed by atoms with van der Waals surface area (Å²) in [5.41, 5.74) is 2.45. The largest absolute Gasteiger partial charge is 0.435 e. The number of pyridine rings is 1. The van der Waals surface area contributed by atoms with E-state index < -0.39 is 6.61 Å². The number of aliphatic imine (C=N–C) groups is 1. The number of nitrogens with one attached hydrogen (secondary N) is 1. The second-order valence-corrected chi connectivity index (χ2v) is 4.21. The average Bonchev–Trinajstić information content (AvgIpc) is 2.82. The first-order valence-corrected chi connectivity index (χ1v) is 6.03. The number of anilines is 1. The molecule has 0 amide bonds. The molecule has 4 nitrogen and oxygen atoms in total. The summed E-state index contributed by atoms with van der Waals surface area (Å²) in [4.78, 5) is 8.61. The summed E-state index contributed by atoms with van der Waals surface area (Å²) in [5.74, 6) is 0.736. The van der Waals surface area contributed by atoms with Crippen LogP contribution < -0.4 is 10.1 Å². The van der Waals surface area contributed by atoms with Crippen molar-refractivity contribution in [3.05, 3.63) is 53.9 Å². The lowest BCUT2D eigenvalue weighted by Crippen LogP contribution is -2.13. The van der Waals surface area contributed by atoms with Crippen LogP contribution in [0.5, 0.6) is 5.75 Å². The maximum absolute atomic E-state index is 12.2. The molecule has 102 valence electrons. The normalized spacial score (nSPS) is 13.1. The fraction of sp³-hybridized carbons (Fsp3) is 0.143. The number of rotatable bonds is 3. The number of fused-ring (bicyclic) bond motifs is 1. The molecular weight excluding hydrogens is 264 g/mol. The van der Waals surface area contributed by atoms with Gasteiger partial charge in [-0.15, -0.1) is 0 Å². The molecule has 0 fully saturated rings. The van der Waals surface area contributed by atoms with Crippen molar-refractivity contribution < 1.29 is 13.5 Å². The highest BCUT2D eigenvalue weighted by Gasteiger charge is 2.16. The van der Waals surface area contributed by atoms with Gasteiger partial charge in [0.05, 0.1) is 6.54 Å². The predicted molar refractivity (Wildman–Crippen MR) is 71.2 cm³/mol. The number of hydrogen-bond donors (Lipinski definition) is 1. The third-order valence-corrected chi connectivity index (χ3v) is 2.85. The van der Waals surface area contributed by atoms with E-state index in [0.29, 0.717) is 18.1 Å². The highest BCUT2D eigenvalue weighted by atomic mass is 19.3. The fourth-order valence-electron chi connectivity index (χ4n) is 2.00. The number of alkyl halides is 2. The zero-order chi connectivity index (χ0) is 13.9. The molecule has 1 aliphatic heterocycles. The van der Waals surface area contributed by atoms with Crippen molar-refractivity contribution in [3.8, 4) is 5.75 Å². The van der Waals surface area contributed by atoms with E-state index in [4.69, 9.17) is 0 Å². The monoisotopic (exact) mass is 275 g/mol. The molecular formula is C14H11F2N3O. The summed E-state index contributed by atoms with van der Waals surface area (Å²) in [7, 11) is 0. The Morgan fingerprint density at radius 2 is 2.10 bits per heavy atom. The van der Waals surface area contributed by atoms with Crippen molar-refractivity contribution >= 4 is 11.5 Å². The number of benzene rings is 1. The second kappa shape index (κ2) is 5.24. The summed E-state index contributed by atoms with van der Waals surface area (Å²) in [6.45, 7) is -2.27. The van der Waals surface area contributed by atoms with E-state index in [2.05, 4.69) is 20.0 Å². The van der Waals surface area contributed by atoms with Gasteiger partial charge < -0.3 is 10.1 Å². The Hall–Kier alpha value is -2.50. The Labute approximate surface area is 114 Å². The van der Waals surface area contributed by atoms with Crippen molar-refractivity contribution in [3.63, 3.8) is 0 Å². The second-order valence-electron chi connectivity index (χ2n) is 4.21. The first kappa shape index (κ1) is 12.5. The van der Waals surface area contributed by atoms with Gasteiger partial charge in [0.2, 0.25) is 0 Å². The minimum atomic E-state index is -2.84. The molecule has 1 aliphatic rings. The molecule has 2 heterocycles. The van der Waals surface area contributed by atoms with E-state index in [9.17, 15) is 8.78 Å². The van der Waals surface area contributed by atoms with E-state index >= 15 is 0 Å².